The Balaban J connectivity index is 1.35. The quantitative estimate of drug-likeness (QED) is 0.0266. The van der Waals surface area contributed by atoms with Crippen molar-refractivity contribution in [3.05, 3.63) is 58.4 Å². The molecule has 240 valence electrons. The molecule has 0 bridgehead atoms. The van der Waals surface area contributed by atoms with Gasteiger partial charge in [-0.15, -0.1) is 23.1 Å². The summed E-state index contributed by atoms with van der Waals surface area (Å²) in [6.45, 7) is 0. The normalized spacial score (nSPS) is 18.4. The van der Waals surface area contributed by atoms with Gasteiger partial charge in [-0.2, -0.15) is 0 Å². The zero-order valence-electron chi connectivity index (χ0n) is 23.6. The number of thiazole rings is 1. The topological polar surface area (TPSA) is 268 Å². The van der Waals surface area contributed by atoms with Gasteiger partial charge in [-0.05, 0) is 34.5 Å². The first-order valence-electron chi connectivity index (χ1n) is 13.0. The smallest absolute Gasteiger partial charge is 0.361 e. The van der Waals surface area contributed by atoms with E-state index in [2.05, 4.69) is 20.4 Å². The third-order valence-electron chi connectivity index (χ3n) is 6.66. The van der Waals surface area contributed by atoms with E-state index in [1.165, 1.54) is 35.0 Å². The maximum atomic E-state index is 13.4. The number of fused-ring (bicyclic) bond motifs is 1. The average Bonchev–Trinajstić information content (AvgIpc) is 3.44. The van der Waals surface area contributed by atoms with Gasteiger partial charge in [0.05, 0.1) is 13.2 Å². The molecule has 2 aliphatic heterocycles. The van der Waals surface area contributed by atoms with Crippen molar-refractivity contribution in [3.63, 3.8) is 0 Å². The Bertz CT molecular complexity index is 1810. The SMILES string of the molecule is C[n+]1ccc(N)nc1SCC1=C(C(=O)O)N2C(=O)[C@@H](NC(=O)/C(=N\O[C@@H](C(=O)O)c3ccc(O)c(O)c3)c3csc(N)n3)[C@H]2SC1. The number of aromatic hydroxyl groups is 2. The third-order valence-corrected chi connectivity index (χ3v) is 9.81. The molecule has 1 aromatic carbocycles. The van der Waals surface area contributed by atoms with E-state index in [0.717, 1.165) is 28.4 Å². The molecule has 17 nitrogen and oxygen atoms in total. The highest BCUT2D eigenvalue weighted by Crippen LogP contribution is 2.41. The Kier molecular flexibility index (Phi) is 9.21. The molecule has 0 saturated carbocycles. The molecule has 0 aliphatic carbocycles. The van der Waals surface area contributed by atoms with Crippen LogP contribution in [-0.4, -0.2) is 87.7 Å². The fourth-order valence-corrected chi connectivity index (χ4v) is 7.43. The molecule has 2 aromatic heterocycles. The molecule has 9 N–H and O–H groups in total. The first-order valence-corrected chi connectivity index (χ1v) is 15.9. The second-order valence-corrected chi connectivity index (χ2v) is 12.7. The van der Waals surface area contributed by atoms with Crippen LogP contribution >= 0.6 is 34.9 Å². The minimum atomic E-state index is -1.82. The number of hydrogen-bond acceptors (Lipinski definition) is 15. The number of phenolic OH excluding ortho intramolecular Hbond substituents is 2. The van der Waals surface area contributed by atoms with Gasteiger partial charge in [-0.3, -0.25) is 14.5 Å². The monoisotopic (exact) mass is 689 g/mol. The lowest BCUT2D eigenvalue weighted by Crippen LogP contribution is -2.71. The van der Waals surface area contributed by atoms with Gasteiger partial charge in [0.15, 0.2) is 22.3 Å². The Labute approximate surface area is 271 Å². The van der Waals surface area contributed by atoms with E-state index in [4.69, 9.17) is 16.3 Å². The van der Waals surface area contributed by atoms with E-state index >= 15 is 0 Å². The number of aliphatic carboxylic acids is 2. The predicted octanol–water partition coefficient (Wildman–Crippen LogP) is 0.0157. The lowest BCUT2D eigenvalue weighted by molar-refractivity contribution is -0.713. The summed E-state index contributed by atoms with van der Waals surface area (Å²) in [6.07, 6.45) is -0.0956. The van der Waals surface area contributed by atoms with Crippen molar-refractivity contribution in [2.75, 3.05) is 23.0 Å². The summed E-state index contributed by atoms with van der Waals surface area (Å²) < 4.78 is 1.73. The number of benzene rings is 1. The largest absolute Gasteiger partial charge is 0.504 e. The highest BCUT2D eigenvalue weighted by molar-refractivity contribution is 8.01. The summed E-state index contributed by atoms with van der Waals surface area (Å²) in [5, 5.41) is 46.5. The third kappa shape index (κ3) is 6.48. The van der Waals surface area contributed by atoms with Crippen LogP contribution in [0.3, 0.4) is 0 Å². The molecule has 0 unspecified atom stereocenters. The minimum Gasteiger partial charge on any atom is -0.504 e. The highest BCUT2D eigenvalue weighted by Gasteiger charge is 2.54. The van der Waals surface area contributed by atoms with Crippen molar-refractivity contribution in [1.29, 1.82) is 0 Å². The van der Waals surface area contributed by atoms with Gasteiger partial charge >= 0.3 is 17.1 Å². The molecule has 0 spiro atoms. The molecule has 0 radical (unpaired) electrons. The Hall–Kier alpha value is -5.08. The second kappa shape index (κ2) is 13.1. The van der Waals surface area contributed by atoms with E-state index in [-0.39, 0.29) is 33.6 Å². The fourth-order valence-electron chi connectivity index (χ4n) is 4.43. The van der Waals surface area contributed by atoms with Crippen molar-refractivity contribution in [2.45, 2.75) is 22.7 Å². The van der Waals surface area contributed by atoms with Crippen LogP contribution in [0.4, 0.5) is 10.9 Å². The molecule has 2 aliphatic rings. The molecule has 3 atom stereocenters. The van der Waals surface area contributed by atoms with Crippen LogP contribution in [0, 0.1) is 0 Å². The summed E-state index contributed by atoms with van der Waals surface area (Å²) in [5.41, 5.74) is 11.1. The van der Waals surface area contributed by atoms with E-state index in [9.17, 15) is 39.6 Å². The Morgan fingerprint density at radius 1 is 1.22 bits per heavy atom. The van der Waals surface area contributed by atoms with Gasteiger partial charge in [0.25, 0.3) is 11.8 Å². The van der Waals surface area contributed by atoms with Gasteiger partial charge in [0, 0.05) is 28.5 Å². The maximum Gasteiger partial charge on any atom is 0.361 e. The molecule has 46 heavy (non-hydrogen) atoms. The van der Waals surface area contributed by atoms with Crippen LogP contribution in [0.25, 0.3) is 0 Å². The van der Waals surface area contributed by atoms with Crippen LogP contribution in [0.15, 0.2) is 57.4 Å². The van der Waals surface area contributed by atoms with Gasteiger partial charge in [-0.25, -0.2) is 19.1 Å². The number of carbonyl (C=O) groups is 4. The number of oxime groups is 1. The second-order valence-electron chi connectivity index (χ2n) is 9.74. The van der Waals surface area contributed by atoms with E-state index in [1.807, 2.05) is 0 Å². The van der Waals surface area contributed by atoms with Crippen molar-refractivity contribution in [3.8, 4) is 11.5 Å². The number of aryl methyl sites for hydroxylation is 1. The summed E-state index contributed by atoms with van der Waals surface area (Å²) in [7, 11) is 1.77. The number of carboxylic acid groups (broad SMARTS) is 2. The van der Waals surface area contributed by atoms with Crippen molar-refractivity contribution in [2.24, 2.45) is 12.2 Å². The Morgan fingerprint density at radius 3 is 2.63 bits per heavy atom. The number of amides is 2. The average molecular weight is 690 g/mol. The number of nitrogens with zero attached hydrogens (tertiary/aromatic N) is 5. The number of nitrogens with one attached hydrogen (secondary N) is 1. The van der Waals surface area contributed by atoms with Crippen LogP contribution in [-0.2, 0) is 31.1 Å². The van der Waals surface area contributed by atoms with Crippen LogP contribution in [0.5, 0.6) is 11.5 Å². The molecule has 2 amide bonds. The number of anilines is 2. The number of hydrogen-bond donors (Lipinski definition) is 7. The van der Waals surface area contributed by atoms with Crippen molar-refractivity contribution in [1.82, 2.24) is 20.2 Å². The predicted molar refractivity (Wildman–Crippen MR) is 165 cm³/mol. The van der Waals surface area contributed by atoms with E-state index < -0.39 is 58.5 Å². The molecule has 1 fully saturated rings. The lowest BCUT2D eigenvalue weighted by atomic mass is 10.0. The van der Waals surface area contributed by atoms with Crippen LogP contribution in [0.1, 0.15) is 17.4 Å². The molecule has 20 heteroatoms. The standard InChI is InChI=1S/C26H24N8O9S3/c1-33-5-4-15(27)30-26(33)46-8-11-7-44-22-17(21(38)34(22)18(11)23(39)40)31-20(37)16(12-9-45-25(28)29-12)32-43-19(24(41)42)10-2-3-13(35)14(36)6-10/h2-6,9,17,19,22,27H,7-8H2,1H3,(H7,28,29,31,32,35,36,37,39,40,41,42)/p+1/t17-,19-,22-/m1/s1. The summed E-state index contributed by atoms with van der Waals surface area (Å²) in [4.78, 5) is 65.5. The van der Waals surface area contributed by atoms with Crippen molar-refractivity contribution >= 4 is 75.3 Å². The number of thioether (sulfide) groups is 2. The zero-order chi connectivity index (χ0) is 33.3. The van der Waals surface area contributed by atoms with Gasteiger partial charge in [0.1, 0.15) is 22.8 Å². The minimum absolute atomic E-state index is 0.0612. The molecule has 3 aromatic rings. The van der Waals surface area contributed by atoms with Crippen molar-refractivity contribution < 1.29 is 49.0 Å². The van der Waals surface area contributed by atoms with Gasteiger partial charge < -0.3 is 42.0 Å². The number of carboxylic acids is 2. The molecular weight excluding hydrogens is 665 g/mol. The number of nitrogen functional groups attached to an aromatic ring is 2. The van der Waals surface area contributed by atoms with Crippen LogP contribution < -0.4 is 21.4 Å². The van der Waals surface area contributed by atoms with Gasteiger partial charge in [0.2, 0.25) is 11.9 Å². The zero-order valence-corrected chi connectivity index (χ0v) is 26.0. The molecule has 5 rings (SSSR count). The summed E-state index contributed by atoms with van der Waals surface area (Å²) in [6, 6.07) is 3.66. The molecule has 1 saturated heterocycles. The number of rotatable bonds is 11. The number of carbonyl (C=O) groups excluding carboxylic acids is 2. The summed E-state index contributed by atoms with van der Waals surface area (Å²) in [5.74, 6) is -4.82. The maximum absolute atomic E-state index is 13.4. The summed E-state index contributed by atoms with van der Waals surface area (Å²) >= 11 is 3.47. The highest BCUT2D eigenvalue weighted by atomic mass is 32.2. The van der Waals surface area contributed by atoms with Crippen LogP contribution in [0.2, 0.25) is 0 Å². The number of nitrogens with two attached hydrogens (primary N) is 2. The number of phenols is 2. The first kappa shape index (κ1) is 32.3. The molecule has 4 heterocycles. The van der Waals surface area contributed by atoms with E-state index in [1.54, 1.807) is 23.9 Å². The molecular formula is C26H25N8O9S3+. The first-order chi connectivity index (χ1) is 21.8. The number of β-lactam (4-membered cyclic amide) rings is 1. The Morgan fingerprint density at radius 2 is 1.98 bits per heavy atom. The fraction of sp³-hybridized carbons (Fsp3) is 0.231. The lowest BCUT2D eigenvalue weighted by Gasteiger charge is -2.49. The van der Waals surface area contributed by atoms with E-state index in [0.29, 0.717) is 16.5 Å². The van der Waals surface area contributed by atoms with Gasteiger partial charge in [-0.1, -0.05) is 11.2 Å². The number of aromatic nitrogens is 3.